The van der Waals surface area contributed by atoms with Crippen LogP contribution in [0.3, 0.4) is 0 Å². The third kappa shape index (κ3) is 4.11. The molecule has 0 radical (unpaired) electrons. The fourth-order valence-electron chi connectivity index (χ4n) is 3.81. The number of fused-ring (bicyclic) bond motifs is 1. The minimum Gasteiger partial charge on any atom is -0.352 e. The quantitative estimate of drug-likeness (QED) is 0.733. The highest BCUT2D eigenvalue weighted by molar-refractivity contribution is 5.94. The van der Waals surface area contributed by atoms with Gasteiger partial charge in [0.2, 0.25) is 0 Å². The van der Waals surface area contributed by atoms with E-state index in [-0.39, 0.29) is 17.7 Å². The summed E-state index contributed by atoms with van der Waals surface area (Å²) in [5.41, 5.74) is 3.48. The van der Waals surface area contributed by atoms with Crippen LogP contribution in [0.25, 0.3) is 5.65 Å². The maximum absolute atomic E-state index is 13.0. The topological polar surface area (TPSA) is 92.5 Å². The lowest BCUT2D eigenvalue weighted by atomic mass is 9.97. The molecule has 4 rings (SSSR count). The molecule has 0 saturated carbocycles. The number of pyridine rings is 1. The van der Waals surface area contributed by atoms with Crippen molar-refractivity contribution in [3.05, 3.63) is 59.3 Å². The molecule has 8 heteroatoms. The van der Waals surface area contributed by atoms with Gasteiger partial charge in [0.1, 0.15) is 0 Å². The molecule has 150 valence electrons. The van der Waals surface area contributed by atoms with Gasteiger partial charge in [-0.15, -0.1) is 0 Å². The van der Waals surface area contributed by atoms with Crippen molar-refractivity contribution < 1.29 is 9.59 Å². The molecule has 0 aromatic carbocycles. The highest BCUT2D eigenvalue weighted by Gasteiger charge is 2.26. The van der Waals surface area contributed by atoms with Crippen molar-refractivity contribution in [3.8, 4) is 0 Å². The molecule has 1 atom stereocenters. The van der Waals surface area contributed by atoms with E-state index in [2.05, 4.69) is 20.4 Å². The monoisotopic (exact) mass is 392 g/mol. The van der Waals surface area contributed by atoms with Crippen LogP contribution in [-0.4, -0.2) is 55.9 Å². The van der Waals surface area contributed by atoms with Gasteiger partial charge in [0.15, 0.2) is 11.3 Å². The van der Waals surface area contributed by atoms with Crippen LogP contribution in [0.5, 0.6) is 0 Å². The van der Waals surface area contributed by atoms with Gasteiger partial charge in [-0.25, -0.2) is 9.50 Å². The van der Waals surface area contributed by atoms with E-state index in [1.165, 1.54) is 0 Å². The molecule has 1 aliphatic heterocycles. The van der Waals surface area contributed by atoms with Gasteiger partial charge < -0.3 is 10.2 Å². The fourth-order valence-corrected chi connectivity index (χ4v) is 3.81. The second-order valence-electron chi connectivity index (χ2n) is 7.55. The predicted octanol–water partition coefficient (Wildman–Crippen LogP) is 2.02. The molecular weight excluding hydrogens is 368 g/mol. The fraction of sp³-hybridized carbons (Fsp3) is 0.381. The first kappa shape index (κ1) is 19.0. The summed E-state index contributed by atoms with van der Waals surface area (Å²) in [7, 11) is 0. The predicted molar refractivity (Wildman–Crippen MR) is 108 cm³/mol. The number of carbonyl (C=O) groups excluding carboxylic acids is 2. The van der Waals surface area contributed by atoms with Crippen LogP contribution in [0.2, 0.25) is 0 Å². The molecule has 3 aromatic heterocycles. The zero-order chi connectivity index (χ0) is 20.4. The number of likely N-dealkylation sites (tertiary alicyclic amines) is 1. The average Bonchev–Trinajstić information content (AvgIpc) is 3.16. The number of nitrogens with zero attached hydrogens (tertiary/aromatic N) is 5. The number of rotatable bonds is 4. The standard InChI is InChI=1S/C21H24N6O2/c1-14-9-15(2)27-19(24-14)10-18(25-27)21(29)26-8-4-5-16(13-26)11-23-20(28)17-6-3-7-22-12-17/h3,6-7,9-10,12,16H,4-5,8,11,13H2,1-2H3,(H,23,28)/t16-/m0/s1. The van der Waals surface area contributed by atoms with Crippen molar-refractivity contribution >= 4 is 17.5 Å². The van der Waals surface area contributed by atoms with Gasteiger partial charge >= 0.3 is 0 Å². The van der Waals surface area contributed by atoms with E-state index in [0.717, 1.165) is 24.2 Å². The number of hydrogen-bond acceptors (Lipinski definition) is 5. The summed E-state index contributed by atoms with van der Waals surface area (Å²) in [6.45, 7) is 5.71. The van der Waals surface area contributed by atoms with E-state index in [1.54, 1.807) is 35.1 Å². The maximum Gasteiger partial charge on any atom is 0.274 e. The van der Waals surface area contributed by atoms with Gasteiger partial charge in [0.05, 0.1) is 5.56 Å². The van der Waals surface area contributed by atoms with E-state index in [9.17, 15) is 9.59 Å². The molecule has 8 nitrogen and oxygen atoms in total. The Kier molecular flexibility index (Phi) is 5.24. The van der Waals surface area contributed by atoms with Crippen LogP contribution in [0.4, 0.5) is 0 Å². The minimum absolute atomic E-state index is 0.0872. The molecule has 4 heterocycles. The van der Waals surface area contributed by atoms with Crippen LogP contribution in [-0.2, 0) is 0 Å². The molecule has 2 amide bonds. The first-order valence-corrected chi connectivity index (χ1v) is 9.83. The zero-order valence-corrected chi connectivity index (χ0v) is 16.6. The first-order valence-electron chi connectivity index (χ1n) is 9.83. The molecule has 1 fully saturated rings. The van der Waals surface area contributed by atoms with Crippen LogP contribution < -0.4 is 5.32 Å². The van der Waals surface area contributed by atoms with Crippen LogP contribution in [0, 0.1) is 19.8 Å². The molecule has 0 unspecified atom stereocenters. The van der Waals surface area contributed by atoms with Gasteiger partial charge in [0, 0.05) is 49.5 Å². The molecule has 3 aromatic rings. The van der Waals surface area contributed by atoms with Crippen LogP contribution in [0.1, 0.15) is 45.1 Å². The third-order valence-electron chi connectivity index (χ3n) is 5.23. The number of aromatic nitrogens is 4. The Morgan fingerprint density at radius 3 is 2.93 bits per heavy atom. The van der Waals surface area contributed by atoms with Crippen LogP contribution >= 0.6 is 0 Å². The van der Waals surface area contributed by atoms with Crippen molar-refractivity contribution in [1.29, 1.82) is 0 Å². The zero-order valence-electron chi connectivity index (χ0n) is 16.6. The number of piperidine rings is 1. The molecule has 0 bridgehead atoms. The highest BCUT2D eigenvalue weighted by Crippen LogP contribution is 2.19. The number of amides is 2. The van der Waals surface area contributed by atoms with Gasteiger partial charge in [0.25, 0.3) is 11.8 Å². The number of nitrogens with one attached hydrogen (secondary N) is 1. The molecular formula is C21H24N6O2. The Labute approximate surface area is 169 Å². The van der Waals surface area contributed by atoms with E-state index >= 15 is 0 Å². The van der Waals surface area contributed by atoms with Gasteiger partial charge in [-0.1, -0.05) is 0 Å². The van der Waals surface area contributed by atoms with E-state index in [4.69, 9.17) is 0 Å². The number of aryl methyl sites for hydroxylation is 2. The second kappa shape index (κ2) is 7.98. The van der Waals surface area contributed by atoms with Crippen molar-refractivity contribution in [3.63, 3.8) is 0 Å². The van der Waals surface area contributed by atoms with Crippen molar-refractivity contribution in [2.75, 3.05) is 19.6 Å². The molecule has 0 spiro atoms. The maximum atomic E-state index is 13.0. The van der Waals surface area contributed by atoms with E-state index < -0.39 is 0 Å². The first-order chi connectivity index (χ1) is 14.0. The van der Waals surface area contributed by atoms with E-state index in [1.807, 2.05) is 24.8 Å². The van der Waals surface area contributed by atoms with Crippen molar-refractivity contribution in [1.82, 2.24) is 29.8 Å². The summed E-state index contributed by atoms with van der Waals surface area (Å²) in [5.74, 6) is -0.0119. The second-order valence-corrected chi connectivity index (χ2v) is 7.55. The molecule has 1 aliphatic rings. The van der Waals surface area contributed by atoms with Crippen molar-refractivity contribution in [2.45, 2.75) is 26.7 Å². The molecule has 1 N–H and O–H groups in total. The molecule has 1 saturated heterocycles. The normalized spacial score (nSPS) is 16.8. The SMILES string of the molecule is Cc1cc(C)n2nc(C(=O)N3CCC[C@@H](CNC(=O)c4cccnc4)C3)cc2n1. The summed E-state index contributed by atoms with van der Waals surface area (Å²) in [6, 6.07) is 7.16. The van der Waals surface area contributed by atoms with E-state index in [0.29, 0.717) is 36.5 Å². The average molecular weight is 392 g/mol. The lowest BCUT2D eigenvalue weighted by Crippen LogP contribution is -2.43. The van der Waals surface area contributed by atoms with Gasteiger partial charge in [-0.3, -0.25) is 14.6 Å². The van der Waals surface area contributed by atoms with Crippen LogP contribution in [0.15, 0.2) is 36.7 Å². The summed E-state index contributed by atoms with van der Waals surface area (Å²) in [5, 5.41) is 7.41. The number of hydrogen-bond donors (Lipinski definition) is 1. The lowest BCUT2D eigenvalue weighted by molar-refractivity contribution is 0.0664. The minimum atomic E-state index is -0.140. The molecule has 29 heavy (non-hydrogen) atoms. The Balaban J connectivity index is 1.41. The number of carbonyl (C=O) groups is 2. The smallest absolute Gasteiger partial charge is 0.274 e. The largest absolute Gasteiger partial charge is 0.352 e. The summed E-state index contributed by atoms with van der Waals surface area (Å²) in [4.78, 5) is 35.5. The summed E-state index contributed by atoms with van der Waals surface area (Å²) < 4.78 is 1.70. The third-order valence-corrected chi connectivity index (χ3v) is 5.23. The summed E-state index contributed by atoms with van der Waals surface area (Å²) in [6.07, 6.45) is 5.07. The van der Waals surface area contributed by atoms with Gasteiger partial charge in [-0.2, -0.15) is 5.10 Å². The Bertz CT molecular complexity index is 1050. The Hall–Kier alpha value is -3.29. The Morgan fingerprint density at radius 1 is 1.28 bits per heavy atom. The van der Waals surface area contributed by atoms with Crippen molar-refractivity contribution in [2.24, 2.45) is 5.92 Å². The molecule has 0 aliphatic carbocycles. The Morgan fingerprint density at radius 2 is 2.14 bits per heavy atom. The summed E-state index contributed by atoms with van der Waals surface area (Å²) >= 11 is 0. The lowest BCUT2D eigenvalue weighted by Gasteiger charge is -2.32. The van der Waals surface area contributed by atoms with Gasteiger partial charge in [-0.05, 0) is 50.8 Å². The highest BCUT2D eigenvalue weighted by atomic mass is 16.2.